The maximum absolute atomic E-state index is 14.5. The Morgan fingerprint density at radius 2 is 1.50 bits per heavy atom. The first-order chi connectivity index (χ1) is 20.3. The van der Waals surface area contributed by atoms with Gasteiger partial charge in [-0.1, -0.05) is 89.9 Å². The van der Waals surface area contributed by atoms with E-state index in [1.54, 1.807) is 42.6 Å². The van der Waals surface area contributed by atoms with Gasteiger partial charge in [-0.2, -0.15) is 5.10 Å². The molecule has 0 unspecified atom stereocenters. The van der Waals surface area contributed by atoms with E-state index in [-0.39, 0.29) is 30.1 Å². The zero-order valence-electron chi connectivity index (χ0n) is 22.6. The number of halogens is 2. The molecule has 2 atom stereocenters. The van der Waals surface area contributed by atoms with Crippen LogP contribution in [-0.4, -0.2) is 23.9 Å². The second-order valence-corrected chi connectivity index (χ2v) is 11.9. The molecule has 0 spiro atoms. The molecule has 1 saturated heterocycles. The van der Waals surface area contributed by atoms with Crippen LogP contribution in [0.25, 0.3) is 0 Å². The van der Waals surface area contributed by atoms with Crippen LogP contribution < -0.4 is 10.3 Å². The summed E-state index contributed by atoms with van der Waals surface area (Å²) in [7, 11) is 0. The maximum Gasteiger partial charge on any atom is 0.244 e. The van der Waals surface area contributed by atoms with Crippen molar-refractivity contribution in [1.82, 2.24) is 5.43 Å². The average molecular weight is 594 g/mol. The number of nitrogens with one attached hydrogen (secondary N) is 1. The fraction of sp³-hybridized carbons (Fsp3) is 0.176. The van der Waals surface area contributed by atoms with E-state index in [0.717, 1.165) is 33.4 Å². The lowest BCUT2D eigenvalue weighted by molar-refractivity contribution is -0.123. The van der Waals surface area contributed by atoms with E-state index in [2.05, 4.69) is 10.5 Å². The maximum atomic E-state index is 14.5. The van der Waals surface area contributed by atoms with Gasteiger partial charge in [0.2, 0.25) is 17.7 Å². The minimum Gasteiger partial charge on any atom is -0.274 e. The Bertz CT molecular complexity index is 1770. The van der Waals surface area contributed by atoms with Crippen LogP contribution >= 0.6 is 23.2 Å². The first kappa shape index (κ1) is 26.6. The average Bonchev–Trinajstić information content (AvgIpc) is 3.26. The Morgan fingerprint density at radius 1 is 0.881 bits per heavy atom. The third-order valence-corrected chi connectivity index (χ3v) is 9.32. The van der Waals surface area contributed by atoms with E-state index in [0.29, 0.717) is 15.7 Å². The molecule has 208 valence electrons. The molecule has 3 amide bonds. The second-order valence-electron chi connectivity index (χ2n) is 11.1. The molecule has 1 heterocycles. The number of hydrazone groups is 1. The van der Waals surface area contributed by atoms with Crippen molar-refractivity contribution in [1.29, 1.82) is 0 Å². The van der Waals surface area contributed by atoms with E-state index >= 15 is 0 Å². The standard InChI is InChI=1S/C34H25Cl2N3O3/c1-19-10-13-22(36)17-27(19)39-32(41)30-29-23-6-2-4-8-25(23)34(31(30)33(39)42,26-9-5-3-7-24(26)29)18-37-38-28(40)16-20-11-14-21(35)15-12-20/h2-15,17-18,29-31H,16H2,1H3,(H,38,40)/b37-18-/t29?,30-,31-,34?/m0/s1. The quantitative estimate of drug-likeness (QED) is 0.170. The molecule has 1 N–H and O–H groups in total. The summed E-state index contributed by atoms with van der Waals surface area (Å²) in [5.41, 5.74) is 7.46. The number of hydrogen-bond acceptors (Lipinski definition) is 4. The van der Waals surface area contributed by atoms with Gasteiger partial charge in [-0.25, -0.2) is 10.3 Å². The number of hydrogen-bond donors (Lipinski definition) is 1. The first-order valence-corrected chi connectivity index (χ1v) is 14.5. The number of aryl methyl sites for hydroxylation is 1. The summed E-state index contributed by atoms with van der Waals surface area (Å²) in [6.07, 6.45) is 1.78. The number of anilines is 1. The SMILES string of the molecule is Cc1ccc(Cl)cc1N1C(=O)[C@@H]2[C@@H](C1=O)C1c3ccccc3C2(/C=N\NC(=O)Cc2ccc(Cl)cc2)c2ccccc21. The van der Waals surface area contributed by atoms with Crippen LogP contribution in [0, 0.1) is 18.8 Å². The van der Waals surface area contributed by atoms with Crippen LogP contribution in [0.2, 0.25) is 10.0 Å². The topological polar surface area (TPSA) is 78.8 Å². The van der Waals surface area contributed by atoms with Crippen LogP contribution in [0.1, 0.15) is 39.3 Å². The molecule has 42 heavy (non-hydrogen) atoms. The summed E-state index contributed by atoms with van der Waals surface area (Å²) in [4.78, 5) is 43.0. The van der Waals surface area contributed by atoms with Crippen molar-refractivity contribution in [3.63, 3.8) is 0 Å². The smallest absolute Gasteiger partial charge is 0.244 e. The Morgan fingerprint density at radius 3 is 2.17 bits per heavy atom. The molecule has 3 aliphatic carbocycles. The molecule has 4 aromatic rings. The Hall–Kier alpha value is -4.26. The number of imide groups is 1. The van der Waals surface area contributed by atoms with Gasteiger partial charge >= 0.3 is 0 Å². The van der Waals surface area contributed by atoms with Gasteiger partial charge in [-0.05, 0) is 64.6 Å². The molecule has 2 bridgehead atoms. The van der Waals surface area contributed by atoms with Gasteiger partial charge in [0.25, 0.3) is 0 Å². The van der Waals surface area contributed by atoms with E-state index in [1.807, 2.05) is 61.5 Å². The minimum absolute atomic E-state index is 0.113. The molecule has 1 aliphatic heterocycles. The van der Waals surface area contributed by atoms with Crippen LogP contribution in [0.5, 0.6) is 0 Å². The van der Waals surface area contributed by atoms with Crippen molar-refractivity contribution in [3.05, 3.63) is 134 Å². The van der Waals surface area contributed by atoms with E-state index in [4.69, 9.17) is 23.2 Å². The van der Waals surface area contributed by atoms with Gasteiger partial charge in [0.05, 0.1) is 29.4 Å². The molecule has 4 aliphatic rings. The zero-order valence-corrected chi connectivity index (χ0v) is 24.1. The summed E-state index contributed by atoms with van der Waals surface area (Å²) < 4.78 is 0. The highest BCUT2D eigenvalue weighted by atomic mass is 35.5. The first-order valence-electron chi connectivity index (χ1n) is 13.7. The summed E-state index contributed by atoms with van der Waals surface area (Å²) in [6, 6.07) is 28.1. The van der Waals surface area contributed by atoms with Gasteiger partial charge in [0.1, 0.15) is 0 Å². The van der Waals surface area contributed by atoms with Crippen molar-refractivity contribution in [2.75, 3.05) is 4.90 Å². The Balaban J connectivity index is 1.36. The number of rotatable bonds is 5. The normalized spacial score (nSPS) is 23.6. The number of benzene rings is 4. The summed E-state index contributed by atoms with van der Waals surface area (Å²) in [5.74, 6) is -2.56. The fourth-order valence-corrected chi connectivity index (χ4v) is 7.44. The predicted octanol–water partition coefficient (Wildman–Crippen LogP) is 6.20. The largest absolute Gasteiger partial charge is 0.274 e. The predicted molar refractivity (Wildman–Crippen MR) is 163 cm³/mol. The number of carbonyl (C=O) groups excluding carboxylic acids is 3. The van der Waals surface area contributed by atoms with Crippen LogP contribution in [0.15, 0.2) is 96.1 Å². The van der Waals surface area contributed by atoms with Gasteiger partial charge < -0.3 is 0 Å². The number of carbonyl (C=O) groups is 3. The molecular formula is C34H25Cl2N3O3. The fourth-order valence-electron chi connectivity index (χ4n) is 7.14. The molecule has 0 saturated carbocycles. The van der Waals surface area contributed by atoms with Crippen molar-refractivity contribution in [3.8, 4) is 0 Å². The summed E-state index contributed by atoms with van der Waals surface area (Å²) >= 11 is 12.3. The van der Waals surface area contributed by atoms with Crippen molar-refractivity contribution in [2.45, 2.75) is 24.7 Å². The lowest BCUT2D eigenvalue weighted by atomic mass is 9.47. The summed E-state index contributed by atoms with van der Waals surface area (Å²) in [6.45, 7) is 1.86. The zero-order chi connectivity index (χ0) is 29.2. The lowest BCUT2D eigenvalue weighted by Gasteiger charge is -2.52. The molecule has 8 heteroatoms. The van der Waals surface area contributed by atoms with E-state index < -0.39 is 17.3 Å². The van der Waals surface area contributed by atoms with E-state index in [1.165, 1.54) is 4.90 Å². The highest BCUT2D eigenvalue weighted by molar-refractivity contribution is 6.32. The van der Waals surface area contributed by atoms with Crippen molar-refractivity contribution < 1.29 is 14.4 Å². The Kier molecular flexibility index (Phi) is 6.30. The van der Waals surface area contributed by atoms with Crippen LogP contribution in [-0.2, 0) is 26.2 Å². The molecule has 1 fully saturated rings. The van der Waals surface area contributed by atoms with Gasteiger partial charge in [0.15, 0.2) is 0 Å². The monoisotopic (exact) mass is 593 g/mol. The lowest BCUT2D eigenvalue weighted by Crippen LogP contribution is -2.54. The molecule has 8 rings (SSSR count). The highest BCUT2D eigenvalue weighted by Gasteiger charge is 2.68. The number of amides is 3. The number of nitrogens with zero attached hydrogens (tertiary/aromatic N) is 2. The molecule has 0 radical (unpaired) electrons. The molecule has 4 aromatic carbocycles. The van der Waals surface area contributed by atoms with Crippen LogP contribution in [0.3, 0.4) is 0 Å². The molecular weight excluding hydrogens is 569 g/mol. The summed E-state index contributed by atoms with van der Waals surface area (Å²) in [5, 5.41) is 5.51. The van der Waals surface area contributed by atoms with Crippen LogP contribution in [0.4, 0.5) is 5.69 Å². The van der Waals surface area contributed by atoms with Gasteiger partial charge in [-0.3, -0.25) is 14.4 Å². The van der Waals surface area contributed by atoms with Crippen molar-refractivity contribution in [2.24, 2.45) is 16.9 Å². The highest BCUT2D eigenvalue weighted by Crippen LogP contribution is 2.63. The van der Waals surface area contributed by atoms with E-state index in [9.17, 15) is 14.4 Å². The second kappa shape index (κ2) is 9.93. The van der Waals surface area contributed by atoms with Gasteiger partial charge in [-0.15, -0.1) is 0 Å². The Labute approximate surface area is 253 Å². The molecule has 0 aromatic heterocycles. The van der Waals surface area contributed by atoms with Crippen molar-refractivity contribution >= 4 is 52.8 Å². The van der Waals surface area contributed by atoms with Gasteiger partial charge in [0, 0.05) is 22.2 Å². The third kappa shape index (κ3) is 3.86. The third-order valence-electron chi connectivity index (χ3n) is 8.83. The molecule has 6 nitrogen and oxygen atoms in total. The minimum atomic E-state index is -1.08.